The predicted octanol–water partition coefficient (Wildman–Crippen LogP) is 4.09. The van der Waals surface area contributed by atoms with E-state index in [2.05, 4.69) is 37.1 Å². The van der Waals surface area contributed by atoms with Gasteiger partial charge in [0.25, 0.3) is 0 Å². The molecule has 0 aromatic carbocycles. The fourth-order valence-electron chi connectivity index (χ4n) is 3.53. The molecular formula is C18H35N3. The maximum absolute atomic E-state index is 9.55. The van der Waals surface area contributed by atoms with Gasteiger partial charge in [-0.1, -0.05) is 33.6 Å². The van der Waals surface area contributed by atoms with Crippen molar-refractivity contribution in [2.75, 3.05) is 19.6 Å². The summed E-state index contributed by atoms with van der Waals surface area (Å²) in [5.41, 5.74) is -0.300. The molecule has 3 heteroatoms. The maximum Gasteiger partial charge on any atom is 0.106 e. The third kappa shape index (κ3) is 5.96. The number of nitriles is 1. The molecule has 122 valence electrons. The van der Waals surface area contributed by atoms with Crippen LogP contribution in [0.15, 0.2) is 0 Å². The molecule has 0 aliphatic carbocycles. The molecule has 0 aromatic heterocycles. The van der Waals surface area contributed by atoms with Gasteiger partial charge in [0.05, 0.1) is 6.07 Å². The van der Waals surface area contributed by atoms with E-state index in [-0.39, 0.29) is 5.54 Å². The second-order valence-corrected chi connectivity index (χ2v) is 6.55. The number of piperidine rings is 1. The topological polar surface area (TPSA) is 39.1 Å². The van der Waals surface area contributed by atoms with E-state index in [1.165, 1.54) is 45.2 Å². The largest absolute Gasteiger partial charge is 0.300 e. The van der Waals surface area contributed by atoms with Crippen LogP contribution in [0.2, 0.25) is 0 Å². The zero-order valence-electron chi connectivity index (χ0n) is 14.5. The average Bonchev–Trinajstić information content (AvgIpc) is 2.53. The third-order valence-corrected chi connectivity index (χ3v) is 4.95. The van der Waals surface area contributed by atoms with Gasteiger partial charge in [-0.2, -0.15) is 5.26 Å². The highest BCUT2D eigenvalue weighted by molar-refractivity contribution is 5.06. The van der Waals surface area contributed by atoms with Crippen molar-refractivity contribution in [2.24, 2.45) is 0 Å². The summed E-state index contributed by atoms with van der Waals surface area (Å²) in [6.45, 7) is 9.96. The number of nitrogens with one attached hydrogen (secondary N) is 1. The van der Waals surface area contributed by atoms with E-state index >= 15 is 0 Å². The number of hydrogen-bond acceptors (Lipinski definition) is 3. The highest BCUT2D eigenvalue weighted by Gasteiger charge is 2.27. The molecule has 1 fully saturated rings. The minimum Gasteiger partial charge on any atom is -0.300 e. The van der Waals surface area contributed by atoms with E-state index in [0.717, 1.165) is 38.3 Å². The van der Waals surface area contributed by atoms with Crippen molar-refractivity contribution < 1.29 is 0 Å². The molecule has 0 spiro atoms. The summed E-state index contributed by atoms with van der Waals surface area (Å²) in [4.78, 5) is 2.69. The van der Waals surface area contributed by atoms with Crippen molar-refractivity contribution in [1.82, 2.24) is 10.2 Å². The van der Waals surface area contributed by atoms with Gasteiger partial charge in [-0.3, -0.25) is 5.32 Å². The molecule has 2 unspecified atom stereocenters. The molecule has 0 aromatic rings. The van der Waals surface area contributed by atoms with Crippen LogP contribution in [0.25, 0.3) is 0 Å². The highest BCUT2D eigenvalue weighted by Crippen LogP contribution is 2.23. The van der Waals surface area contributed by atoms with Gasteiger partial charge in [-0.15, -0.1) is 0 Å². The number of rotatable bonds is 10. The van der Waals surface area contributed by atoms with Crippen LogP contribution in [0.4, 0.5) is 0 Å². The molecule has 1 aliphatic heterocycles. The zero-order chi connectivity index (χ0) is 15.6. The Hall–Kier alpha value is -0.590. The van der Waals surface area contributed by atoms with E-state index in [1.807, 2.05) is 0 Å². The summed E-state index contributed by atoms with van der Waals surface area (Å²) in [7, 11) is 0. The van der Waals surface area contributed by atoms with Crippen LogP contribution >= 0.6 is 0 Å². The summed E-state index contributed by atoms with van der Waals surface area (Å²) < 4.78 is 0. The van der Waals surface area contributed by atoms with Crippen molar-refractivity contribution in [3.63, 3.8) is 0 Å². The molecule has 2 atom stereocenters. The highest BCUT2D eigenvalue weighted by atomic mass is 15.2. The Labute approximate surface area is 132 Å². The normalized spacial score (nSPS) is 22.7. The van der Waals surface area contributed by atoms with Gasteiger partial charge in [-0.05, 0) is 64.6 Å². The Morgan fingerprint density at radius 2 is 2.05 bits per heavy atom. The van der Waals surface area contributed by atoms with Crippen LogP contribution in [-0.4, -0.2) is 36.1 Å². The van der Waals surface area contributed by atoms with E-state index in [9.17, 15) is 5.26 Å². The quantitative estimate of drug-likeness (QED) is 0.659. The number of likely N-dealkylation sites (tertiary alicyclic amines) is 1. The van der Waals surface area contributed by atoms with Gasteiger partial charge in [0, 0.05) is 6.04 Å². The second kappa shape index (κ2) is 10.2. The Morgan fingerprint density at radius 1 is 1.24 bits per heavy atom. The molecule has 0 bridgehead atoms. The molecule has 1 heterocycles. The SMILES string of the molecule is CCCNC(C#N)(CC)CCCN1CCCCC1CCC. The van der Waals surface area contributed by atoms with Crippen molar-refractivity contribution >= 4 is 0 Å². The van der Waals surface area contributed by atoms with Crippen molar-refractivity contribution in [2.45, 2.75) is 90.1 Å². The van der Waals surface area contributed by atoms with Crippen LogP contribution in [0, 0.1) is 11.3 Å². The molecule has 0 saturated carbocycles. The van der Waals surface area contributed by atoms with Crippen molar-refractivity contribution in [3.05, 3.63) is 0 Å². The lowest BCUT2D eigenvalue weighted by Crippen LogP contribution is -2.45. The lowest BCUT2D eigenvalue weighted by molar-refractivity contribution is 0.133. The summed E-state index contributed by atoms with van der Waals surface area (Å²) in [6, 6.07) is 3.34. The Bertz CT molecular complexity index is 308. The van der Waals surface area contributed by atoms with Crippen LogP contribution < -0.4 is 5.32 Å². The monoisotopic (exact) mass is 293 g/mol. The Kier molecular flexibility index (Phi) is 8.96. The summed E-state index contributed by atoms with van der Waals surface area (Å²) in [6.07, 6.45) is 10.9. The zero-order valence-corrected chi connectivity index (χ0v) is 14.5. The van der Waals surface area contributed by atoms with Crippen LogP contribution in [0.1, 0.15) is 78.6 Å². The van der Waals surface area contributed by atoms with Gasteiger partial charge in [0.2, 0.25) is 0 Å². The average molecular weight is 293 g/mol. The molecule has 0 radical (unpaired) electrons. The van der Waals surface area contributed by atoms with Crippen LogP contribution in [0.5, 0.6) is 0 Å². The third-order valence-electron chi connectivity index (χ3n) is 4.95. The first-order valence-corrected chi connectivity index (χ1v) is 9.11. The lowest BCUT2D eigenvalue weighted by atomic mass is 9.91. The van der Waals surface area contributed by atoms with Gasteiger partial charge in [0.1, 0.15) is 5.54 Å². The first-order valence-electron chi connectivity index (χ1n) is 9.11. The Balaban J connectivity index is 2.43. The molecule has 3 nitrogen and oxygen atoms in total. The summed E-state index contributed by atoms with van der Waals surface area (Å²) >= 11 is 0. The van der Waals surface area contributed by atoms with E-state index < -0.39 is 0 Å². The maximum atomic E-state index is 9.55. The van der Waals surface area contributed by atoms with E-state index in [4.69, 9.17) is 0 Å². The van der Waals surface area contributed by atoms with Crippen LogP contribution in [-0.2, 0) is 0 Å². The molecule has 0 amide bonds. The van der Waals surface area contributed by atoms with Gasteiger partial charge in [-0.25, -0.2) is 0 Å². The van der Waals surface area contributed by atoms with Crippen LogP contribution in [0.3, 0.4) is 0 Å². The molecular weight excluding hydrogens is 258 g/mol. The smallest absolute Gasteiger partial charge is 0.106 e. The lowest BCUT2D eigenvalue weighted by Gasteiger charge is -2.36. The molecule has 1 rings (SSSR count). The van der Waals surface area contributed by atoms with Gasteiger partial charge >= 0.3 is 0 Å². The summed E-state index contributed by atoms with van der Waals surface area (Å²) in [5, 5.41) is 13.0. The Morgan fingerprint density at radius 3 is 2.67 bits per heavy atom. The van der Waals surface area contributed by atoms with Gasteiger partial charge in [0.15, 0.2) is 0 Å². The molecule has 1 saturated heterocycles. The standard InChI is InChI=1S/C18H35N3/c1-4-10-17-11-7-8-14-21(17)15-9-12-18(6-3,16-19)20-13-5-2/h17,20H,4-15H2,1-3H3. The van der Waals surface area contributed by atoms with E-state index in [0.29, 0.717) is 0 Å². The van der Waals surface area contributed by atoms with Gasteiger partial charge < -0.3 is 4.90 Å². The molecule has 21 heavy (non-hydrogen) atoms. The molecule has 1 aliphatic rings. The fraction of sp³-hybridized carbons (Fsp3) is 0.944. The summed E-state index contributed by atoms with van der Waals surface area (Å²) in [5.74, 6) is 0. The van der Waals surface area contributed by atoms with Crippen molar-refractivity contribution in [3.8, 4) is 6.07 Å². The first kappa shape index (κ1) is 18.5. The first-order chi connectivity index (χ1) is 10.2. The predicted molar refractivity (Wildman–Crippen MR) is 90.3 cm³/mol. The fourth-order valence-corrected chi connectivity index (χ4v) is 3.53. The second-order valence-electron chi connectivity index (χ2n) is 6.55. The minimum absolute atomic E-state index is 0.300. The van der Waals surface area contributed by atoms with E-state index in [1.54, 1.807) is 0 Å². The minimum atomic E-state index is -0.300. The van der Waals surface area contributed by atoms with Crippen molar-refractivity contribution in [1.29, 1.82) is 5.26 Å². The number of nitrogens with zero attached hydrogens (tertiary/aromatic N) is 2. The number of hydrogen-bond donors (Lipinski definition) is 1. The molecule has 1 N–H and O–H groups in total.